The van der Waals surface area contributed by atoms with Crippen LogP contribution in [0.3, 0.4) is 0 Å². The van der Waals surface area contributed by atoms with E-state index < -0.39 is 0 Å². The van der Waals surface area contributed by atoms with E-state index >= 15 is 4.39 Å². The third kappa shape index (κ3) is 2.54. The van der Waals surface area contributed by atoms with Crippen molar-refractivity contribution in [3.8, 4) is 0 Å². The minimum Gasteiger partial charge on any atom is -0.219 e. The molecule has 1 unspecified atom stereocenters. The van der Waals surface area contributed by atoms with E-state index in [4.69, 9.17) is 0 Å². The topological polar surface area (TPSA) is 8.29 Å². The summed E-state index contributed by atoms with van der Waals surface area (Å²) in [4.78, 5) is 0. The second-order valence-corrected chi connectivity index (χ2v) is 10.9. The molecular formula is C29H36FN2+. The Kier molecular flexibility index (Phi) is 4.55. The number of imidazole rings is 1. The summed E-state index contributed by atoms with van der Waals surface area (Å²) in [5.74, 6) is -0.117. The molecule has 0 N–H and O–H groups in total. The third-order valence-electron chi connectivity index (χ3n) is 8.32. The molecule has 0 aliphatic carbocycles. The molecule has 4 aromatic rings. The Labute approximate surface area is 191 Å². The first kappa shape index (κ1) is 21.4. The van der Waals surface area contributed by atoms with Gasteiger partial charge in [0, 0.05) is 10.8 Å². The van der Waals surface area contributed by atoms with Gasteiger partial charge in [-0.05, 0) is 85.5 Å². The van der Waals surface area contributed by atoms with Crippen molar-refractivity contribution in [2.24, 2.45) is 0 Å². The summed E-state index contributed by atoms with van der Waals surface area (Å²) < 4.78 is 20.2. The Hall–Kier alpha value is -2.42. The summed E-state index contributed by atoms with van der Waals surface area (Å²) in [6.07, 6.45) is 3.01. The molecule has 2 aromatic heterocycles. The molecule has 1 aliphatic heterocycles. The molecule has 0 fully saturated rings. The number of rotatable bonds is 3. The van der Waals surface area contributed by atoms with Gasteiger partial charge in [0.1, 0.15) is 17.6 Å². The van der Waals surface area contributed by atoms with Gasteiger partial charge in [0.05, 0.1) is 5.39 Å². The first-order valence-corrected chi connectivity index (χ1v) is 12.2. The fraction of sp³-hybridized carbons (Fsp3) is 0.483. The largest absolute Gasteiger partial charge is 0.296 e. The molecule has 32 heavy (non-hydrogen) atoms. The van der Waals surface area contributed by atoms with E-state index in [1.807, 2.05) is 6.07 Å². The van der Waals surface area contributed by atoms with Crippen molar-refractivity contribution in [2.75, 3.05) is 0 Å². The Bertz CT molecular complexity index is 1400. The van der Waals surface area contributed by atoms with Gasteiger partial charge in [-0.1, -0.05) is 41.5 Å². The maximum atomic E-state index is 15.1. The van der Waals surface area contributed by atoms with Gasteiger partial charge in [0.2, 0.25) is 0 Å². The standard InChI is InChI=1S/C29H36FN2/c1-9-24-29(10-2,11-3)21-16-20(30)14-19-15-25(28(6,7)8)32-23-13-18(5)17(4)12-22(23)31(24)27(32)26(19)21/h12-16,24H,9-11H2,1-8H3/q+1. The molecule has 5 rings (SSSR count). The Morgan fingerprint density at radius 3 is 2.22 bits per heavy atom. The van der Waals surface area contributed by atoms with Crippen LogP contribution >= 0.6 is 0 Å². The SMILES string of the molecule is CCC1[n+]2c3cc(C)c(C)cc3n3c(C(C)(C)C)cc4cc(F)cc(c4c32)C1(CC)CC. The van der Waals surface area contributed by atoms with Gasteiger partial charge < -0.3 is 0 Å². The summed E-state index contributed by atoms with van der Waals surface area (Å²) in [5, 5.41) is 2.27. The highest BCUT2D eigenvalue weighted by atomic mass is 19.1. The minimum atomic E-state index is -0.117. The molecule has 0 saturated heterocycles. The molecular weight excluding hydrogens is 395 g/mol. The lowest BCUT2D eigenvalue weighted by Crippen LogP contribution is -2.53. The van der Waals surface area contributed by atoms with Crippen molar-refractivity contribution in [3.63, 3.8) is 0 Å². The third-order valence-corrected chi connectivity index (χ3v) is 8.32. The van der Waals surface area contributed by atoms with Crippen LogP contribution in [0.15, 0.2) is 30.3 Å². The van der Waals surface area contributed by atoms with Crippen molar-refractivity contribution >= 4 is 27.5 Å². The first-order valence-electron chi connectivity index (χ1n) is 12.2. The van der Waals surface area contributed by atoms with Crippen LogP contribution in [-0.4, -0.2) is 4.40 Å². The number of fused-ring (bicyclic) bond motifs is 3. The van der Waals surface area contributed by atoms with Crippen molar-refractivity contribution in [3.05, 3.63) is 58.5 Å². The second kappa shape index (κ2) is 6.79. The van der Waals surface area contributed by atoms with Gasteiger partial charge in [-0.15, -0.1) is 0 Å². The van der Waals surface area contributed by atoms with E-state index in [9.17, 15) is 0 Å². The molecule has 2 nitrogen and oxygen atoms in total. The predicted octanol–water partition coefficient (Wildman–Crippen LogP) is 7.61. The molecule has 0 bridgehead atoms. The summed E-state index contributed by atoms with van der Waals surface area (Å²) >= 11 is 0. The first-order chi connectivity index (χ1) is 15.1. The van der Waals surface area contributed by atoms with Crippen LogP contribution in [0.5, 0.6) is 0 Å². The van der Waals surface area contributed by atoms with Crippen molar-refractivity contribution in [1.82, 2.24) is 4.40 Å². The van der Waals surface area contributed by atoms with Crippen molar-refractivity contribution in [2.45, 2.75) is 91.5 Å². The molecule has 3 heteroatoms. The van der Waals surface area contributed by atoms with E-state index in [0.717, 1.165) is 24.6 Å². The van der Waals surface area contributed by atoms with E-state index in [0.29, 0.717) is 6.04 Å². The quantitative estimate of drug-likeness (QED) is 0.295. The van der Waals surface area contributed by atoms with Crippen LogP contribution in [0.1, 0.15) is 89.2 Å². The van der Waals surface area contributed by atoms with Crippen LogP contribution in [0.4, 0.5) is 4.39 Å². The van der Waals surface area contributed by atoms with Crippen LogP contribution in [0.25, 0.3) is 27.5 Å². The molecule has 3 heterocycles. The molecule has 0 radical (unpaired) electrons. The van der Waals surface area contributed by atoms with Gasteiger partial charge in [-0.2, -0.15) is 4.40 Å². The van der Waals surface area contributed by atoms with Gasteiger partial charge in [-0.25, -0.2) is 8.96 Å². The van der Waals surface area contributed by atoms with Gasteiger partial charge in [0.25, 0.3) is 5.65 Å². The van der Waals surface area contributed by atoms with Crippen LogP contribution in [0.2, 0.25) is 0 Å². The zero-order valence-corrected chi connectivity index (χ0v) is 20.9. The number of aryl methyl sites for hydroxylation is 2. The maximum absolute atomic E-state index is 15.1. The van der Waals surface area contributed by atoms with E-state index in [2.05, 4.69) is 82.6 Å². The lowest BCUT2D eigenvalue weighted by Gasteiger charge is -2.41. The van der Waals surface area contributed by atoms with E-state index in [-0.39, 0.29) is 16.6 Å². The van der Waals surface area contributed by atoms with Crippen LogP contribution in [0, 0.1) is 19.7 Å². The monoisotopic (exact) mass is 431 g/mol. The van der Waals surface area contributed by atoms with E-state index in [1.54, 1.807) is 6.07 Å². The molecule has 168 valence electrons. The highest BCUT2D eigenvalue weighted by molar-refractivity contribution is 6.00. The number of hydrogen-bond acceptors (Lipinski definition) is 0. The van der Waals surface area contributed by atoms with Crippen LogP contribution in [-0.2, 0) is 10.8 Å². The predicted molar refractivity (Wildman–Crippen MR) is 132 cm³/mol. The Morgan fingerprint density at radius 2 is 1.62 bits per heavy atom. The number of halogens is 1. The molecule has 1 aliphatic rings. The fourth-order valence-electron chi connectivity index (χ4n) is 6.54. The Balaban J connectivity index is 2.18. The number of aromatic nitrogens is 2. The molecule has 0 amide bonds. The number of hydrogen-bond donors (Lipinski definition) is 0. The highest BCUT2D eigenvalue weighted by Crippen LogP contribution is 2.50. The Morgan fingerprint density at radius 1 is 0.969 bits per heavy atom. The summed E-state index contributed by atoms with van der Waals surface area (Å²) in [6.45, 7) is 18.1. The zero-order valence-electron chi connectivity index (χ0n) is 20.9. The van der Waals surface area contributed by atoms with Crippen LogP contribution < -0.4 is 4.57 Å². The van der Waals surface area contributed by atoms with Gasteiger partial charge in [-0.3, -0.25) is 0 Å². The lowest BCUT2D eigenvalue weighted by molar-refractivity contribution is -0.686. The normalized spacial score (nSPS) is 17.8. The smallest absolute Gasteiger partial charge is 0.219 e. The fourth-order valence-corrected chi connectivity index (χ4v) is 6.54. The van der Waals surface area contributed by atoms with Gasteiger partial charge in [0.15, 0.2) is 11.0 Å². The zero-order chi connectivity index (χ0) is 23.2. The van der Waals surface area contributed by atoms with Gasteiger partial charge >= 0.3 is 0 Å². The maximum Gasteiger partial charge on any atom is 0.296 e. The number of nitrogens with zero attached hydrogens (tertiary/aromatic N) is 2. The minimum absolute atomic E-state index is 0.0744. The lowest BCUT2D eigenvalue weighted by atomic mass is 9.66. The van der Waals surface area contributed by atoms with E-state index in [1.165, 1.54) is 44.5 Å². The molecule has 1 atom stereocenters. The van der Waals surface area contributed by atoms with Crippen molar-refractivity contribution < 1.29 is 8.96 Å². The highest BCUT2D eigenvalue weighted by Gasteiger charge is 2.49. The summed E-state index contributed by atoms with van der Waals surface area (Å²) in [7, 11) is 0. The summed E-state index contributed by atoms with van der Waals surface area (Å²) in [6, 6.07) is 10.9. The van der Waals surface area contributed by atoms with Crippen molar-refractivity contribution in [1.29, 1.82) is 0 Å². The number of benzene rings is 2. The second-order valence-electron chi connectivity index (χ2n) is 10.9. The molecule has 0 spiro atoms. The molecule has 0 saturated carbocycles. The summed E-state index contributed by atoms with van der Waals surface area (Å²) in [5.41, 5.74) is 8.73. The molecule has 2 aromatic carbocycles. The number of pyridine rings is 1. The average Bonchev–Trinajstić information content (AvgIpc) is 3.04. The average molecular weight is 432 g/mol.